The van der Waals surface area contributed by atoms with E-state index in [4.69, 9.17) is 0 Å². The molecule has 1 N–H and O–H groups in total. The molecule has 1 amide bonds. The van der Waals surface area contributed by atoms with Crippen LogP contribution < -0.4 is 4.90 Å². The van der Waals surface area contributed by atoms with Gasteiger partial charge in [0.2, 0.25) is 5.91 Å². The van der Waals surface area contributed by atoms with Gasteiger partial charge in [0, 0.05) is 11.7 Å². The lowest BCUT2D eigenvalue weighted by molar-refractivity contribution is -0.127. The number of phenols is 1. The number of anilines is 1. The second kappa shape index (κ2) is 6.60. The van der Waals surface area contributed by atoms with Crippen LogP contribution in [0, 0.1) is 18.3 Å². The molecule has 3 rings (SSSR count). The molecule has 1 fully saturated rings. The Labute approximate surface area is 154 Å². The Morgan fingerprint density at radius 1 is 1.15 bits per heavy atom. The number of piperidine rings is 1. The van der Waals surface area contributed by atoms with E-state index in [1.54, 1.807) is 23.1 Å². The number of nitrogens with zero attached hydrogens (tertiary/aromatic N) is 1. The van der Waals surface area contributed by atoms with Crippen LogP contribution in [-0.4, -0.2) is 22.8 Å². The largest absolute Gasteiger partial charge is 0.507 e. The van der Waals surface area contributed by atoms with Crippen molar-refractivity contribution in [2.75, 3.05) is 4.90 Å². The fourth-order valence-corrected chi connectivity index (χ4v) is 4.13. The predicted octanol–water partition coefficient (Wildman–Crippen LogP) is 4.35. The van der Waals surface area contributed by atoms with Crippen molar-refractivity contribution in [2.24, 2.45) is 11.3 Å². The average Bonchev–Trinajstić information content (AvgIpc) is 2.53. The molecule has 2 aromatic rings. The van der Waals surface area contributed by atoms with Gasteiger partial charge in [0.15, 0.2) is 5.78 Å². The van der Waals surface area contributed by atoms with E-state index in [2.05, 4.69) is 0 Å². The Balaban J connectivity index is 2.04. The van der Waals surface area contributed by atoms with Gasteiger partial charge in [-0.05, 0) is 55.5 Å². The van der Waals surface area contributed by atoms with Gasteiger partial charge in [-0.15, -0.1) is 0 Å². The standard InChI is InChI=1S/C22H25NO3/c1-14-8-7-9-16(12-14)23-15(2)13-22(3,4)19(21(23)26)20(25)17-10-5-6-11-18(17)24/h5-12,15,19,24H,13H2,1-4H3. The number of rotatable bonds is 3. The predicted molar refractivity (Wildman–Crippen MR) is 102 cm³/mol. The zero-order valence-corrected chi connectivity index (χ0v) is 15.7. The third-order valence-electron chi connectivity index (χ3n) is 5.24. The van der Waals surface area contributed by atoms with Crippen LogP contribution in [0.4, 0.5) is 5.69 Å². The molecule has 1 aliphatic heterocycles. The van der Waals surface area contributed by atoms with Crippen LogP contribution in [0.5, 0.6) is 5.75 Å². The van der Waals surface area contributed by atoms with E-state index in [0.29, 0.717) is 6.42 Å². The van der Waals surface area contributed by atoms with Crippen LogP contribution in [0.1, 0.15) is 43.1 Å². The Hall–Kier alpha value is -2.62. The monoisotopic (exact) mass is 351 g/mol. The summed E-state index contributed by atoms with van der Waals surface area (Å²) in [6, 6.07) is 14.2. The first-order valence-electron chi connectivity index (χ1n) is 8.94. The van der Waals surface area contributed by atoms with E-state index in [9.17, 15) is 14.7 Å². The molecule has 0 aromatic heterocycles. The van der Waals surface area contributed by atoms with Gasteiger partial charge in [-0.1, -0.05) is 38.1 Å². The molecule has 1 heterocycles. The highest BCUT2D eigenvalue weighted by atomic mass is 16.3. The maximum absolute atomic E-state index is 13.4. The SMILES string of the molecule is Cc1cccc(N2C(=O)C(C(=O)c3ccccc3O)C(C)(C)CC2C)c1. The summed E-state index contributed by atoms with van der Waals surface area (Å²) in [5, 5.41) is 10.1. The van der Waals surface area contributed by atoms with Crippen molar-refractivity contribution >= 4 is 17.4 Å². The Morgan fingerprint density at radius 3 is 2.50 bits per heavy atom. The van der Waals surface area contributed by atoms with Crippen LogP contribution in [0.25, 0.3) is 0 Å². The molecule has 0 saturated carbocycles. The summed E-state index contributed by atoms with van der Waals surface area (Å²) in [4.78, 5) is 28.3. The quantitative estimate of drug-likeness (QED) is 0.660. The third-order valence-corrected chi connectivity index (χ3v) is 5.24. The van der Waals surface area contributed by atoms with Crippen LogP contribution in [-0.2, 0) is 4.79 Å². The summed E-state index contributed by atoms with van der Waals surface area (Å²) in [6.07, 6.45) is 0.705. The number of para-hydroxylation sites is 1. The van der Waals surface area contributed by atoms with E-state index in [1.165, 1.54) is 6.07 Å². The van der Waals surface area contributed by atoms with Gasteiger partial charge in [-0.3, -0.25) is 9.59 Å². The molecule has 1 saturated heterocycles. The number of aryl methyl sites for hydroxylation is 1. The summed E-state index contributed by atoms with van der Waals surface area (Å²) in [6.45, 7) is 7.91. The zero-order valence-electron chi connectivity index (χ0n) is 15.7. The summed E-state index contributed by atoms with van der Waals surface area (Å²) >= 11 is 0. The van der Waals surface area contributed by atoms with Crippen molar-refractivity contribution in [1.29, 1.82) is 0 Å². The number of carbonyl (C=O) groups is 2. The zero-order chi connectivity index (χ0) is 19.1. The number of hydrogen-bond donors (Lipinski definition) is 1. The first-order valence-corrected chi connectivity index (χ1v) is 8.94. The molecular weight excluding hydrogens is 326 g/mol. The molecule has 4 nitrogen and oxygen atoms in total. The fraction of sp³-hybridized carbons (Fsp3) is 0.364. The molecule has 26 heavy (non-hydrogen) atoms. The summed E-state index contributed by atoms with van der Waals surface area (Å²) in [5.74, 6) is -1.43. The minimum Gasteiger partial charge on any atom is -0.507 e. The number of hydrogen-bond acceptors (Lipinski definition) is 3. The van der Waals surface area contributed by atoms with Crippen molar-refractivity contribution < 1.29 is 14.7 Å². The van der Waals surface area contributed by atoms with Crippen LogP contribution in [0.3, 0.4) is 0 Å². The summed E-state index contributed by atoms with van der Waals surface area (Å²) < 4.78 is 0. The molecule has 4 heteroatoms. The molecular formula is C22H25NO3. The van der Waals surface area contributed by atoms with Gasteiger partial charge in [-0.25, -0.2) is 0 Å². The van der Waals surface area contributed by atoms with Crippen molar-refractivity contribution in [3.05, 3.63) is 59.7 Å². The smallest absolute Gasteiger partial charge is 0.238 e. The summed E-state index contributed by atoms with van der Waals surface area (Å²) in [5.41, 5.74) is 1.59. The van der Waals surface area contributed by atoms with Crippen molar-refractivity contribution in [1.82, 2.24) is 0 Å². The highest BCUT2D eigenvalue weighted by Crippen LogP contribution is 2.43. The number of carbonyl (C=O) groups excluding carboxylic acids is 2. The number of ketones is 1. The van der Waals surface area contributed by atoms with Gasteiger partial charge in [-0.2, -0.15) is 0 Å². The molecule has 2 unspecified atom stereocenters. The lowest BCUT2D eigenvalue weighted by Crippen LogP contribution is -2.56. The van der Waals surface area contributed by atoms with Gasteiger partial charge < -0.3 is 10.0 Å². The van der Waals surface area contributed by atoms with Crippen molar-refractivity contribution in [2.45, 2.75) is 40.2 Å². The number of Topliss-reactive ketones (excluding diaryl/α,β-unsaturated/α-hetero) is 1. The average molecular weight is 351 g/mol. The first kappa shape index (κ1) is 18.2. The topological polar surface area (TPSA) is 57.6 Å². The Bertz CT molecular complexity index is 856. The number of aromatic hydroxyl groups is 1. The van der Waals surface area contributed by atoms with E-state index >= 15 is 0 Å². The second-order valence-electron chi connectivity index (χ2n) is 7.90. The maximum atomic E-state index is 13.4. The van der Waals surface area contributed by atoms with E-state index in [0.717, 1.165) is 11.3 Å². The lowest BCUT2D eigenvalue weighted by Gasteiger charge is -2.46. The van der Waals surface area contributed by atoms with Crippen LogP contribution >= 0.6 is 0 Å². The third kappa shape index (κ3) is 3.12. The highest BCUT2D eigenvalue weighted by molar-refractivity contribution is 6.16. The minimum absolute atomic E-state index is 0.00674. The van der Waals surface area contributed by atoms with Crippen LogP contribution in [0.2, 0.25) is 0 Å². The van der Waals surface area contributed by atoms with Gasteiger partial charge in [0.1, 0.15) is 11.7 Å². The molecule has 0 spiro atoms. The molecule has 0 radical (unpaired) electrons. The number of amides is 1. The molecule has 136 valence electrons. The van der Waals surface area contributed by atoms with Crippen LogP contribution in [0.15, 0.2) is 48.5 Å². The molecule has 2 atom stereocenters. The molecule has 0 aliphatic carbocycles. The maximum Gasteiger partial charge on any atom is 0.238 e. The Kier molecular flexibility index (Phi) is 4.61. The number of benzene rings is 2. The van der Waals surface area contributed by atoms with Gasteiger partial charge >= 0.3 is 0 Å². The summed E-state index contributed by atoms with van der Waals surface area (Å²) in [7, 11) is 0. The van der Waals surface area contributed by atoms with E-state index < -0.39 is 11.3 Å². The van der Waals surface area contributed by atoms with Gasteiger partial charge in [0.05, 0.1) is 5.56 Å². The van der Waals surface area contributed by atoms with Crippen molar-refractivity contribution in [3.63, 3.8) is 0 Å². The molecule has 1 aliphatic rings. The van der Waals surface area contributed by atoms with Gasteiger partial charge in [0.25, 0.3) is 0 Å². The van der Waals surface area contributed by atoms with E-state index in [1.807, 2.05) is 52.0 Å². The molecule has 0 bridgehead atoms. The first-order chi connectivity index (χ1) is 12.2. The molecule has 2 aromatic carbocycles. The lowest BCUT2D eigenvalue weighted by atomic mass is 9.67. The normalized spacial score (nSPS) is 22.3. The number of phenolic OH excluding ortho intramolecular Hbond substituents is 1. The Morgan fingerprint density at radius 2 is 1.85 bits per heavy atom. The van der Waals surface area contributed by atoms with Crippen molar-refractivity contribution in [3.8, 4) is 5.75 Å². The minimum atomic E-state index is -0.826. The fourth-order valence-electron chi connectivity index (χ4n) is 4.13. The highest BCUT2D eigenvalue weighted by Gasteiger charge is 2.49. The van der Waals surface area contributed by atoms with E-state index in [-0.39, 0.29) is 29.0 Å². The second-order valence-corrected chi connectivity index (χ2v) is 7.90.